The molecule has 2 rings (SSSR count). The molecule has 0 aliphatic carbocycles. The zero-order valence-electron chi connectivity index (χ0n) is 12.8. The van der Waals surface area contributed by atoms with Gasteiger partial charge in [0.1, 0.15) is 0 Å². The number of carbonyl (C=O) groups is 1. The summed E-state index contributed by atoms with van der Waals surface area (Å²) in [4.78, 5) is 12.2. The van der Waals surface area contributed by atoms with Crippen LogP contribution in [-0.4, -0.2) is 20.6 Å². The molecule has 0 spiro atoms. The van der Waals surface area contributed by atoms with E-state index in [0.717, 1.165) is 17.4 Å². The zero-order chi connectivity index (χ0) is 17.0. The second-order valence-electron chi connectivity index (χ2n) is 5.18. The Bertz CT molecular complexity index is 835. The van der Waals surface area contributed by atoms with Crippen molar-refractivity contribution in [2.45, 2.75) is 13.5 Å². The Morgan fingerprint density at radius 2 is 1.87 bits per heavy atom. The first-order valence-corrected chi connectivity index (χ1v) is 9.13. The lowest BCUT2D eigenvalue weighted by Gasteiger charge is -2.11. The van der Waals surface area contributed by atoms with E-state index in [1.54, 1.807) is 25.1 Å². The summed E-state index contributed by atoms with van der Waals surface area (Å²) in [5, 5.41) is 3.34. The van der Waals surface area contributed by atoms with Gasteiger partial charge in [-0.15, -0.1) is 0 Å². The van der Waals surface area contributed by atoms with E-state index in [1.165, 1.54) is 6.07 Å². The van der Waals surface area contributed by atoms with Crippen molar-refractivity contribution in [1.82, 2.24) is 5.32 Å². The summed E-state index contributed by atoms with van der Waals surface area (Å²) in [7, 11) is -3.40. The van der Waals surface area contributed by atoms with Crippen molar-refractivity contribution in [1.29, 1.82) is 0 Å². The summed E-state index contributed by atoms with van der Waals surface area (Å²) >= 11 is 6.04. The minimum absolute atomic E-state index is 0.293. The fourth-order valence-corrected chi connectivity index (χ4v) is 2.81. The topological polar surface area (TPSA) is 75.3 Å². The van der Waals surface area contributed by atoms with Crippen molar-refractivity contribution in [3.63, 3.8) is 0 Å². The van der Waals surface area contributed by atoms with E-state index in [4.69, 9.17) is 11.6 Å². The number of nitrogens with one attached hydrogen (secondary N) is 2. The molecule has 0 unspecified atom stereocenters. The fraction of sp³-hybridized carbons (Fsp3) is 0.188. The summed E-state index contributed by atoms with van der Waals surface area (Å²) < 4.78 is 25.1. The number of sulfonamides is 1. The predicted octanol–water partition coefficient (Wildman–Crippen LogP) is 2.95. The van der Waals surface area contributed by atoms with E-state index >= 15 is 0 Å². The molecule has 7 heteroatoms. The van der Waals surface area contributed by atoms with E-state index in [-0.39, 0.29) is 5.91 Å². The van der Waals surface area contributed by atoms with Gasteiger partial charge in [-0.25, -0.2) is 8.42 Å². The summed E-state index contributed by atoms with van der Waals surface area (Å²) in [5.74, 6) is -0.304. The van der Waals surface area contributed by atoms with E-state index in [1.807, 2.05) is 18.2 Å². The molecule has 0 heterocycles. The molecule has 23 heavy (non-hydrogen) atoms. The SMILES string of the molecule is Cc1ccc(C(=O)NCc2ccccc2Cl)cc1NS(C)(=O)=O. The number of hydrogen-bond acceptors (Lipinski definition) is 3. The molecule has 0 bridgehead atoms. The highest BCUT2D eigenvalue weighted by molar-refractivity contribution is 7.92. The van der Waals surface area contributed by atoms with Gasteiger partial charge < -0.3 is 5.32 Å². The van der Waals surface area contributed by atoms with Crippen LogP contribution >= 0.6 is 11.6 Å². The van der Waals surface area contributed by atoms with Gasteiger partial charge in [0.2, 0.25) is 10.0 Å². The predicted molar refractivity (Wildman–Crippen MR) is 92.3 cm³/mol. The molecule has 0 fully saturated rings. The van der Waals surface area contributed by atoms with Crippen LogP contribution in [0.25, 0.3) is 0 Å². The summed E-state index contributed by atoms with van der Waals surface area (Å²) in [6, 6.07) is 12.1. The van der Waals surface area contributed by atoms with E-state index < -0.39 is 10.0 Å². The van der Waals surface area contributed by atoms with Gasteiger partial charge in [0.25, 0.3) is 5.91 Å². The van der Waals surface area contributed by atoms with Crippen molar-refractivity contribution in [3.8, 4) is 0 Å². The molecule has 2 aromatic rings. The highest BCUT2D eigenvalue weighted by Crippen LogP contribution is 2.19. The number of halogens is 1. The quantitative estimate of drug-likeness (QED) is 0.868. The zero-order valence-corrected chi connectivity index (χ0v) is 14.3. The van der Waals surface area contributed by atoms with Crippen LogP contribution in [0.3, 0.4) is 0 Å². The van der Waals surface area contributed by atoms with Gasteiger partial charge in [-0.2, -0.15) is 0 Å². The first-order valence-electron chi connectivity index (χ1n) is 6.86. The summed E-state index contributed by atoms with van der Waals surface area (Å²) in [5.41, 5.74) is 2.30. The van der Waals surface area contributed by atoms with E-state index in [9.17, 15) is 13.2 Å². The number of rotatable bonds is 5. The Morgan fingerprint density at radius 3 is 2.52 bits per heavy atom. The molecule has 122 valence electrons. The van der Waals surface area contributed by atoms with Gasteiger partial charge in [-0.05, 0) is 36.2 Å². The number of aryl methyl sites for hydroxylation is 1. The number of hydrogen-bond donors (Lipinski definition) is 2. The van der Waals surface area contributed by atoms with Crippen LogP contribution < -0.4 is 10.0 Å². The smallest absolute Gasteiger partial charge is 0.251 e. The Hall–Kier alpha value is -2.05. The van der Waals surface area contributed by atoms with Gasteiger partial charge in [0.05, 0.1) is 11.9 Å². The van der Waals surface area contributed by atoms with Crippen molar-refractivity contribution in [2.24, 2.45) is 0 Å². The van der Waals surface area contributed by atoms with E-state index in [2.05, 4.69) is 10.0 Å². The lowest BCUT2D eigenvalue weighted by Crippen LogP contribution is -2.23. The highest BCUT2D eigenvalue weighted by Gasteiger charge is 2.11. The standard InChI is InChI=1S/C16H17ClN2O3S/c1-11-7-8-12(9-15(11)19-23(2,21)22)16(20)18-10-13-5-3-4-6-14(13)17/h3-9,19H,10H2,1-2H3,(H,18,20). The molecule has 0 aromatic heterocycles. The minimum Gasteiger partial charge on any atom is -0.348 e. The summed E-state index contributed by atoms with van der Waals surface area (Å²) in [6.07, 6.45) is 1.07. The van der Waals surface area contributed by atoms with Crippen molar-refractivity contribution >= 4 is 33.2 Å². The van der Waals surface area contributed by atoms with Crippen LogP contribution in [0.4, 0.5) is 5.69 Å². The minimum atomic E-state index is -3.40. The van der Waals surface area contributed by atoms with Crippen LogP contribution in [0, 0.1) is 6.92 Å². The van der Waals surface area contributed by atoms with Gasteiger partial charge in [0.15, 0.2) is 0 Å². The normalized spacial score (nSPS) is 11.1. The molecule has 1 amide bonds. The van der Waals surface area contributed by atoms with Crippen molar-refractivity contribution in [2.75, 3.05) is 11.0 Å². The third-order valence-corrected chi connectivity index (χ3v) is 4.15. The van der Waals surface area contributed by atoms with Crippen LogP contribution in [0.5, 0.6) is 0 Å². The van der Waals surface area contributed by atoms with Gasteiger partial charge >= 0.3 is 0 Å². The maximum atomic E-state index is 12.2. The Morgan fingerprint density at radius 1 is 1.17 bits per heavy atom. The largest absolute Gasteiger partial charge is 0.348 e. The molecular weight excluding hydrogens is 336 g/mol. The number of benzene rings is 2. The molecule has 2 aromatic carbocycles. The second kappa shape index (κ2) is 7.02. The third kappa shape index (κ3) is 4.97. The van der Waals surface area contributed by atoms with E-state index in [0.29, 0.717) is 22.8 Å². The highest BCUT2D eigenvalue weighted by atomic mass is 35.5. The lowest BCUT2D eigenvalue weighted by molar-refractivity contribution is 0.0951. The average Bonchev–Trinajstić information content (AvgIpc) is 2.47. The van der Waals surface area contributed by atoms with Crippen LogP contribution in [-0.2, 0) is 16.6 Å². The molecule has 5 nitrogen and oxygen atoms in total. The van der Waals surface area contributed by atoms with Crippen LogP contribution in [0.15, 0.2) is 42.5 Å². The Labute approximate surface area is 140 Å². The van der Waals surface area contributed by atoms with Crippen LogP contribution in [0.1, 0.15) is 21.5 Å². The lowest BCUT2D eigenvalue weighted by atomic mass is 10.1. The molecule has 0 aliphatic heterocycles. The number of anilines is 1. The average molecular weight is 353 g/mol. The molecular formula is C16H17ClN2O3S. The maximum absolute atomic E-state index is 12.2. The molecule has 0 atom stereocenters. The van der Waals surface area contributed by atoms with Crippen molar-refractivity contribution in [3.05, 3.63) is 64.2 Å². The summed E-state index contributed by atoms with van der Waals surface area (Å²) in [6.45, 7) is 2.06. The monoisotopic (exact) mass is 352 g/mol. The molecule has 0 saturated carbocycles. The first-order chi connectivity index (χ1) is 10.8. The van der Waals surface area contributed by atoms with Gasteiger partial charge in [0, 0.05) is 17.1 Å². The van der Waals surface area contributed by atoms with Crippen LogP contribution in [0.2, 0.25) is 5.02 Å². The fourth-order valence-electron chi connectivity index (χ4n) is 1.99. The molecule has 0 saturated heterocycles. The first kappa shape index (κ1) is 17.3. The Balaban J connectivity index is 2.13. The number of carbonyl (C=O) groups excluding carboxylic acids is 1. The maximum Gasteiger partial charge on any atom is 0.251 e. The third-order valence-electron chi connectivity index (χ3n) is 3.19. The Kier molecular flexibility index (Phi) is 5.28. The molecule has 0 radical (unpaired) electrons. The van der Waals surface area contributed by atoms with Crippen molar-refractivity contribution < 1.29 is 13.2 Å². The molecule has 2 N–H and O–H groups in total. The van der Waals surface area contributed by atoms with Gasteiger partial charge in [-0.1, -0.05) is 35.9 Å². The number of amides is 1. The van der Waals surface area contributed by atoms with Gasteiger partial charge in [-0.3, -0.25) is 9.52 Å². The second-order valence-corrected chi connectivity index (χ2v) is 7.33. The molecule has 0 aliphatic rings.